The molecule has 2 nitrogen and oxygen atoms in total. The Hall–Kier alpha value is -1.18. The molecule has 1 saturated carbocycles. The van der Waals surface area contributed by atoms with Crippen LogP contribution in [-0.2, 0) is 0 Å². The van der Waals surface area contributed by atoms with E-state index in [-0.39, 0.29) is 0 Å². The van der Waals surface area contributed by atoms with E-state index in [1.54, 1.807) is 0 Å². The van der Waals surface area contributed by atoms with Gasteiger partial charge in [-0.3, -0.25) is 0 Å². The van der Waals surface area contributed by atoms with Crippen molar-refractivity contribution in [2.45, 2.75) is 57.5 Å². The lowest BCUT2D eigenvalue weighted by Gasteiger charge is -2.46. The van der Waals surface area contributed by atoms with E-state index in [0.29, 0.717) is 18.0 Å². The fraction of sp³-hybridized carbons (Fsp3) is 0.625. The van der Waals surface area contributed by atoms with Gasteiger partial charge in [-0.15, -0.1) is 0 Å². The number of fused-ring (bicyclic) bond motifs is 2. The van der Waals surface area contributed by atoms with Gasteiger partial charge in [0.1, 0.15) is 0 Å². The minimum atomic E-state index is 0.587. The monoisotopic (exact) mass is 244 g/mol. The highest BCUT2D eigenvalue weighted by atomic mass is 15.2. The molecule has 1 N–H and O–H groups in total. The molecule has 1 fully saturated rings. The molecule has 0 aromatic heterocycles. The number of rotatable bonds is 1. The van der Waals surface area contributed by atoms with E-state index < -0.39 is 0 Å². The van der Waals surface area contributed by atoms with Gasteiger partial charge in [-0.05, 0) is 30.4 Å². The molecule has 2 heteroatoms. The van der Waals surface area contributed by atoms with E-state index in [9.17, 15) is 0 Å². The number of hydrogen-bond donors (Lipinski definition) is 1. The Morgan fingerprint density at radius 2 is 2.00 bits per heavy atom. The van der Waals surface area contributed by atoms with Crippen LogP contribution in [0, 0.1) is 0 Å². The summed E-state index contributed by atoms with van der Waals surface area (Å²) in [4.78, 5) is 2.55. The smallest absolute Gasteiger partial charge is 0.0637 e. The Kier molecular flexibility index (Phi) is 2.96. The van der Waals surface area contributed by atoms with Gasteiger partial charge < -0.3 is 10.2 Å². The number of anilines is 2. The highest BCUT2D eigenvalue weighted by molar-refractivity contribution is 5.77. The summed E-state index contributed by atoms with van der Waals surface area (Å²) in [6.07, 6.45) is 5.41. The summed E-state index contributed by atoms with van der Waals surface area (Å²) in [6, 6.07) is 8.05. The minimum Gasteiger partial charge on any atom is -0.379 e. The third-order valence-electron chi connectivity index (χ3n) is 4.61. The van der Waals surface area contributed by atoms with Crippen molar-refractivity contribution in [2.24, 2.45) is 0 Å². The summed E-state index contributed by atoms with van der Waals surface area (Å²) < 4.78 is 0. The predicted octanol–water partition coefficient (Wildman–Crippen LogP) is 3.98. The van der Waals surface area contributed by atoms with E-state index in [4.69, 9.17) is 0 Å². The molecule has 2 unspecified atom stereocenters. The van der Waals surface area contributed by atoms with Gasteiger partial charge in [0.15, 0.2) is 0 Å². The van der Waals surface area contributed by atoms with Gasteiger partial charge in [0.05, 0.1) is 11.4 Å². The van der Waals surface area contributed by atoms with Crippen LogP contribution in [0.1, 0.15) is 51.0 Å². The minimum absolute atomic E-state index is 0.587. The van der Waals surface area contributed by atoms with E-state index in [2.05, 4.69) is 49.3 Å². The molecule has 3 rings (SSSR count). The second-order valence-electron chi connectivity index (χ2n) is 6.11. The van der Waals surface area contributed by atoms with Gasteiger partial charge in [0, 0.05) is 19.1 Å². The largest absolute Gasteiger partial charge is 0.379 e. The summed E-state index contributed by atoms with van der Waals surface area (Å²) in [5.74, 6) is 0.587. The van der Waals surface area contributed by atoms with Crippen LogP contribution >= 0.6 is 0 Å². The fourth-order valence-electron chi connectivity index (χ4n) is 3.65. The second kappa shape index (κ2) is 4.49. The molecule has 2 atom stereocenters. The summed E-state index contributed by atoms with van der Waals surface area (Å²) in [7, 11) is 2.29. The maximum atomic E-state index is 3.78. The topological polar surface area (TPSA) is 15.3 Å². The maximum absolute atomic E-state index is 3.78. The van der Waals surface area contributed by atoms with Crippen molar-refractivity contribution < 1.29 is 0 Å². The van der Waals surface area contributed by atoms with Crippen molar-refractivity contribution in [3.8, 4) is 0 Å². The number of nitrogens with zero attached hydrogens (tertiary/aromatic N) is 1. The van der Waals surface area contributed by atoms with Crippen LogP contribution in [0.25, 0.3) is 0 Å². The Labute approximate surface area is 110 Å². The van der Waals surface area contributed by atoms with E-state index in [1.807, 2.05) is 0 Å². The summed E-state index contributed by atoms with van der Waals surface area (Å²) in [5, 5.41) is 3.78. The van der Waals surface area contributed by atoms with Crippen LogP contribution in [0.3, 0.4) is 0 Å². The number of nitrogens with one attached hydrogen (secondary N) is 1. The summed E-state index contributed by atoms with van der Waals surface area (Å²) >= 11 is 0. The third kappa shape index (κ3) is 1.79. The van der Waals surface area contributed by atoms with Crippen molar-refractivity contribution >= 4 is 11.4 Å². The Balaban J connectivity index is 2.04. The predicted molar refractivity (Wildman–Crippen MR) is 78.6 cm³/mol. The molecular weight excluding hydrogens is 220 g/mol. The highest BCUT2D eigenvalue weighted by Crippen LogP contribution is 2.42. The molecule has 0 radical (unpaired) electrons. The van der Waals surface area contributed by atoms with Crippen LogP contribution in [0.15, 0.2) is 18.2 Å². The van der Waals surface area contributed by atoms with Gasteiger partial charge in [-0.1, -0.05) is 38.8 Å². The second-order valence-corrected chi connectivity index (χ2v) is 6.11. The molecule has 1 heterocycles. The molecule has 1 aliphatic heterocycles. The lowest BCUT2D eigenvalue weighted by atomic mass is 9.85. The van der Waals surface area contributed by atoms with Crippen molar-refractivity contribution in [2.75, 3.05) is 17.3 Å². The Morgan fingerprint density at radius 3 is 2.78 bits per heavy atom. The molecular formula is C16H24N2. The average Bonchev–Trinajstić information content (AvgIpc) is 2.38. The van der Waals surface area contributed by atoms with Gasteiger partial charge in [0.25, 0.3) is 0 Å². The number of benzene rings is 1. The highest BCUT2D eigenvalue weighted by Gasteiger charge is 2.34. The molecule has 2 aliphatic rings. The lowest BCUT2D eigenvalue weighted by Crippen LogP contribution is -2.51. The van der Waals surface area contributed by atoms with Crippen molar-refractivity contribution in [1.29, 1.82) is 0 Å². The van der Waals surface area contributed by atoms with E-state index in [0.717, 1.165) is 0 Å². The third-order valence-corrected chi connectivity index (χ3v) is 4.61. The Morgan fingerprint density at radius 1 is 1.22 bits per heavy atom. The lowest BCUT2D eigenvalue weighted by molar-refractivity contribution is 0.384. The van der Waals surface area contributed by atoms with Gasteiger partial charge in [0.2, 0.25) is 0 Å². The number of hydrogen-bond acceptors (Lipinski definition) is 2. The van der Waals surface area contributed by atoms with Gasteiger partial charge in [-0.2, -0.15) is 0 Å². The summed E-state index contributed by atoms with van der Waals surface area (Å²) in [6.45, 7) is 4.58. The van der Waals surface area contributed by atoms with Crippen LogP contribution in [0.4, 0.5) is 11.4 Å². The molecule has 1 aromatic rings. The van der Waals surface area contributed by atoms with Crippen LogP contribution in [0.2, 0.25) is 0 Å². The normalized spacial score (nSPS) is 26.6. The first-order valence-electron chi connectivity index (χ1n) is 7.30. The first-order chi connectivity index (χ1) is 8.68. The maximum Gasteiger partial charge on any atom is 0.0637 e. The molecule has 0 saturated heterocycles. The number of para-hydroxylation sites is 1. The van der Waals surface area contributed by atoms with E-state index >= 15 is 0 Å². The van der Waals surface area contributed by atoms with Crippen LogP contribution in [-0.4, -0.2) is 19.1 Å². The first kappa shape index (κ1) is 11.9. The molecule has 1 aromatic carbocycles. The zero-order chi connectivity index (χ0) is 12.7. The molecule has 18 heavy (non-hydrogen) atoms. The van der Waals surface area contributed by atoms with Crippen LogP contribution < -0.4 is 10.2 Å². The average molecular weight is 244 g/mol. The summed E-state index contributed by atoms with van der Waals surface area (Å²) in [5.41, 5.74) is 4.26. The molecule has 0 bridgehead atoms. The quantitative estimate of drug-likeness (QED) is 0.803. The Bertz CT molecular complexity index is 439. The van der Waals surface area contributed by atoms with Crippen LogP contribution in [0.5, 0.6) is 0 Å². The standard InChI is InChI=1S/C16H24N2/c1-11(2)12-7-6-9-14-16(12)18(3)15-10-5-4-8-13(15)17-14/h6-7,9,11,13,15,17H,4-5,8,10H2,1-3H3. The molecule has 98 valence electrons. The van der Waals surface area contributed by atoms with E-state index in [1.165, 1.54) is 42.6 Å². The number of likely N-dealkylation sites (N-methyl/N-ethyl adjacent to an activating group) is 1. The van der Waals surface area contributed by atoms with Crippen molar-refractivity contribution in [1.82, 2.24) is 0 Å². The van der Waals surface area contributed by atoms with Gasteiger partial charge in [-0.25, -0.2) is 0 Å². The SMILES string of the molecule is CC(C)c1cccc2c1N(C)C1CCCCC1N2. The first-order valence-corrected chi connectivity index (χ1v) is 7.30. The van der Waals surface area contributed by atoms with Crippen molar-refractivity contribution in [3.63, 3.8) is 0 Å². The fourth-order valence-corrected chi connectivity index (χ4v) is 3.65. The molecule has 1 aliphatic carbocycles. The molecule has 0 amide bonds. The zero-order valence-electron chi connectivity index (χ0n) is 11.7. The van der Waals surface area contributed by atoms with Crippen molar-refractivity contribution in [3.05, 3.63) is 23.8 Å². The van der Waals surface area contributed by atoms with Gasteiger partial charge >= 0.3 is 0 Å². The molecule has 0 spiro atoms. The zero-order valence-corrected chi connectivity index (χ0v) is 11.7.